The molecule has 1 amide bonds. The Kier molecular flexibility index (Phi) is 6.02. The Hall–Kier alpha value is -3.28. The fraction of sp³-hybridized carbons (Fsp3) is 0.333. The van der Waals surface area contributed by atoms with Gasteiger partial charge in [0.15, 0.2) is 0 Å². The molecule has 156 valence electrons. The highest BCUT2D eigenvalue weighted by Gasteiger charge is 2.28. The van der Waals surface area contributed by atoms with E-state index in [1.165, 1.54) is 0 Å². The van der Waals surface area contributed by atoms with Crippen LogP contribution in [0.1, 0.15) is 47.8 Å². The molecule has 30 heavy (non-hydrogen) atoms. The van der Waals surface area contributed by atoms with Crippen LogP contribution < -0.4 is 9.47 Å². The zero-order chi connectivity index (χ0) is 20.9. The highest BCUT2D eigenvalue weighted by molar-refractivity contribution is 5.93. The number of H-pyrrole nitrogens is 1. The molecule has 0 saturated carbocycles. The Balaban J connectivity index is 1.58. The fourth-order valence-corrected chi connectivity index (χ4v) is 4.02. The minimum absolute atomic E-state index is 0.00928. The summed E-state index contributed by atoms with van der Waals surface area (Å²) < 4.78 is 10.5. The Labute approximate surface area is 176 Å². The number of hydrogen-bond acceptors (Lipinski definition) is 4. The van der Waals surface area contributed by atoms with Gasteiger partial charge < -0.3 is 14.4 Å². The van der Waals surface area contributed by atoms with Gasteiger partial charge in [-0.05, 0) is 60.9 Å². The minimum atomic E-state index is -0.00928. The minimum Gasteiger partial charge on any atom is -0.497 e. The maximum atomic E-state index is 13.4. The Morgan fingerprint density at radius 3 is 2.30 bits per heavy atom. The van der Waals surface area contributed by atoms with Crippen molar-refractivity contribution in [1.29, 1.82) is 0 Å². The topological polar surface area (TPSA) is 67.4 Å². The van der Waals surface area contributed by atoms with E-state index in [1.807, 2.05) is 47.4 Å². The van der Waals surface area contributed by atoms with Crippen LogP contribution in [0.25, 0.3) is 11.3 Å². The number of amides is 1. The van der Waals surface area contributed by atoms with Gasteiger partial charge in [-0.3, -0.25) is 9.89 Å². The second-order valence-electron chi connectivity index (χ2n) is 7.53. The number of carbonyl (C=O) groups is 1. The lowest BCUT2D eigenvalue weighted by atomic mass is 10.0. The molecule has 6 nitrogen and oxygen atoms in total. The van der Waals surface area contributed by atoms with E-state index in [-0.39, 0.29) is 11.9 Å². The van der Waals surface area contributed by atoms with Gasteiger partial charge in [0.1, 0.15) is 17.2 Å². The summed E-state index contributed by atoms with van der Waals surface area (Å²) in [6, 6.07) is 17.6. The summed E-state index contributed by atoms with van der Waals surface area (Å²) in [5, 5.41) is 7.32. The molecule has 0 aliphatic carbocycles. The van der Waals surface area contributed by atoms with Crippen LogP contribution in [0.15, 0.2) is 54.6 Å². The lowest BCUT2D eigenvalue weighted by Gasteiger charge is -2.30. The number of ether oxygens (including phenoxy) is 2. The molecule has 1 N–H and O–H groups in total. The van der Waals surface area contributed by atoms with Crippen LogP contribution in [0.5, 0.6) is 11.5 Å². The van der Waals surface area contributed by atoms with Gasteiger partial charge in [0.05, 0.1) is 26.0 Å². The first-order valence-corrected chi connectivity index (χ1v) is 10.3. The summed E-state index contributed by atoms with van der Waals surface area (Å²) in [7, 11) is 3.30. The van der Waals surface area contributed by atoms with Crippen LogP contribution in [-0.2, 0) is 0 Å². The summed E-state index contributed by atoms with van der Waals surface area (Å²) >= 11 is 0. The number of aromatic nitrogens is 2. The molecule has 4 rings (SSSR count). The fourth-order valence-electron chi connectivity index (χ4n) is 4.02. The van der Waals surface area contributed by atoms with Crippen LogP contribution in [-0.4, -0.2) is 41.8 Å². The molecule has 1 aromatic heterocycles. The zero-order valence-corrected chi connectivity index (χ0v) is 17.4. The molecular weight excluding hydrogens is 378 g/mol. The van der Waals surface area contributed by atoms with Gasteiger partial charge in [-0.15, -0.1) is 0 Å². The lowest BCUT2D eigenvalue weighted by Crippen LogP contribution is -2.35. The maximum absolute atomic E-state index is 13.4. The molecular formula is C24H27N3O3. The van der Waals surface area contributed by atoms with E-state index in [9.17, 15) is 4.79 Å². The molecule has 0 spiro atoms. The number of nitrogens with one attached hydrogen (secondary N) is 1. The van der Waals surface area contributed by atoms with Crippen LogP contribution in [0, 0.1) is 0 Å². The zero-order valence-electron chi connectivity index (χ0n) is 17.4. The first-order valence-electron chi connectivity index (χ1n) is 10.3. The summed E-state index contributed by atoms with van der Waals surface area (Å²) in [6.07, 6.45) is 4.21. The molecule has 1 aliphatic rings. The third kappa shape index (κ3) is 4.17. The van der Waals surface area contributed by atoms with Gasteiger partial charge >= 0.3 is 0 Å². The van der Waals surface area contributed by atoms with Gasteiger partial charge in [-0.2, -0.15) is 5.10 Å². The normalized spacial score (nSPS) is 16.7. The first kappa shape index (κ1) is 20.0. The largest absolute Gasteiger partial charge is 0.497 e. The van der Waals surface area contributed by atoms with E-state index < -0.39 is 0 Å². The monoisotopic (exact) mass is 405 g/mol. The molecule has 1 saturated heterocycles. The summed E-state index contributed by atoms with van der Waals surface area (Å²) in [6.45, 7) is 0.742. The van der Waals surface area contributed by atoms with Crippen molar-refractivity contribution < 1.29 is 14.3 Å². The molecule has 3 aromatic rings. The van der Waals surface area contributed by atoms with E-state index in [2.05, 4.69) is 22.3 Å². The number of rotatable bonds is 5. The molecule has 0 unspecified atom stereocenters. The van der Waals surface area contributed by atoms with E-state index in [4.69, 9.17) is 9.47 Å². The lowest BCUT2D eigenvalue weighted by molar-refractivity contribution is 0.0674. The van der Waals surface area contributed by atoms with E-state index in [0.29, 0.717) is 5.69 Å². The van der Waals surface area contributed by atoms with E-state index in [0.717, 1.165) is 60.5 Å². The van der Waals surface area contributed by atoms with Gasteiger partial charge in [0, 0.05) is 12.1 Å². The Morgan fingerprint density at radius 1 is 0.967 bits per heavy atom. The van der Waals surface area contributed by atoms with Gasteiger partial charge in [0.2, 0.25) is 0 Å². The summed E-state index contributed by atoms with van der Waals surface area (Å²) in [5.74, 6) is 1.60. The molecule has 2 heterocycles. The van der Waals surface area contributed by atoms with Crippen molar-refractivity contribution in [1.82, 2.24) is 15.1 Å². The molecule has 6 heteroatoms. The number of likely N-dealkylation sites (tertiary alicyclic amines) is 1. The third-order valence-electron chi connectivity index (χ3n) is 5.71. The van der Waals surface area contributed by atoms with Gasteiger partial charge in [-0.25, -0.2) is 0 Å². The molecule has 1 fully saturated rings. The average Bonchev–Trinajstić information content (AvgIpc) is 3.17. The second-order valence-corrected chi connectivity index (χ2v) is 7.53. The molecule has 0 radical (unpaired) electrons. The summed E-state index contributed by atoms with van der Waals surface area (Å²) in [4.78, 5) is 15.4. The van der Waals surface area contributed by atoms with Crippen LogP contribution >= 0.6 is 0 Å². The van der Waals surface area contributed by atoms with Crippen molar-refractivity contribution in [2.75, 3.05) is 20.8 Å². The number of nitrogens with zero attached hydrogens (tertiary/aromatic N) is 2. The summed E-state index contributed by atoms with van der Waals surface area (Å²) in [5.41, 5.74) is 3.34. The predicted octanol–water partition coefficient (Wildman–Crippen LogP) is 4.85. The van der Waals surface area contributed by atoms with Gasteiger partial charge in [0.25, 0.3) is 5.91 Å². The van der Waals surface area contributed by atoms with E-state index in [1.54, 1.807) is 14.2 Å². The van der Waals surface area contributed by atoms with Gasteiger partial charge in [-0.1, -0.05) is 25.0 Å². The number of carbonyl (C=O) groups excluding carboxylic acids is 1. The average molecular weight is 405 g/mol. The quantitative estimate of drug-likeness (QED) is 0.659. The predicted molar refractivity (Wildman–Crippen MR) is 116 cm³/mol. The maximum Gasteiger partial charge on any atom is 0.272 e. The molecule has 1 atom stereocenters. The standard InChI is InChI=1S/C24H27N3O3/c1-29-19-11-7-17(8-12-19)21-16-22(26-25-21)24(28)27-15-5-3-4-6-23(27)18-9-13-20(30-2)14-10-18/h7-14,16,23H,3-6,15H2,1-2H3,(H,25,26)/t23-/m1/s1. The van der Waals surface area contributed by atoms with Crippen molar-refractivity contribution >= 4 is 5.91 Å². The van der Waals surface area contributed by atoms with Crippen molar-refractivity contribution in [3.63, 3.8) is 0 Å². The molecule has 2 aromatic carbocycles. The van der Waals surface area contributed by atoms with Crippen LogP contribution in [0.3, 0.4) is 0 Å². The van der Waals surface area contributed by atoms with Crippen molar-refractivity contribution in [3.05, 3.63) is 65.9 Å². The van der Waals surface area contributed by atoms with Crippen LogP contribution in [0.2, 0.25) is 0 Å². The van der Waals surface area contributed by atoms with Crippen molar-refractivity contribution in [2.24, 2.45) is 0 Å². The SMILES string of the molecule is COc1ccc(-c2cc(C(=O)N3CCCCC[C@@H]3c3ccc(OC)cc3)[nH]n2)cc1. The van der Waals surface area contributed by atoms with Crippen molar-refractivity contribution in [2.45, 2.75) is 31.7 Å². The number of hydrogen-bond donors (Lipinski definition) is 1. The molecule has 1 aliphatic heterocycles. The number of benzene rings is 2. The number of methoxy groups -OCH3 is 2. The highest BCUT2D eigenvalue weighted by atomic mass is 16.5. The third-order valence-corrected chi connectivity index (χ3v) is 5.71. The Bertz CT molecular complexity index is 980. The Morgan fingerprint density at radius 2 is 1.63 bits per heavy atom. The highest BCUT2D eigenvalue weighted by Crippen LogP contribution is 2.32. The molecule has 0 bridgehead atoms. The first-order chi connectivity index (χ1) is 14.7. The van der Waals surface area contributed by atoms with Crippen molar-refractivity contribution in [3.8, 4) is 22.8 Å². The smallest absolute Gasteiger partial charge is 0.272 e. The number of aromatic amines is 1. The van der Waals surface area contributed by atoms with E-state index >= 15 is 0 Å². The van der Waals surface area contributed by atoms with Crippen LogP contribution in [0.4, 0.5) is 0 Å². The second kappa shape index (κ2) is 9.03.